The Morgan fingerprint density at radius 1 is 1.58 bits per heavy atom. The van der Waals surface area contributed by atoms with Gasteiger partial charge in [-0.1, -0.05) is 5.16 Å². The fraction of sp³-hybridized carbons (Fsp3) is 0.667. The first-order chi connectivity index (χ1) is 5.90. The average Bonchev–Trinajstić information content (AvgIpc) is 2.83. The first-order valence-electron chi connectivity index (χ1n) is 4.46. The highest BCUT2D eigenvalue weighted by atomic mass is 16.5. The molecule has 66 valence electrons. The Labute approximate surface area is 71.4 Å². The van der Waals surface area contributed by atoms with Gasteiger partial charge in [-0.3, -0.25) is 0 Å². The number of hydrogen-bond acceptors (Lipinski definition) is 3. The minimum absolute atomic E-state index is 0.222. The number of aryl methyl sites for hydroxylation is 1. The fourth-order valence-electron chi connectivity index (χ4n) is 1.27. The van der Waals surface area contributed by atoms with E-state index in [0.717, 1.165) is 24.3 Å². The van der Waals surface area contributed by atoms with Crippen molar-refractivity contribution in [1.82, 2.24) is 5.16 Å². The maximum absolute atomic E-state index is 8.59. The van der Waals surface area contributed by atoms with Crippen molar-refractivity contribution < 1.29 is 9.63 Å². The SMILES string of the molecule is OCCCc1cc(C2CC2)no1. The van der Waals surface area contributed by atoms with E-state index in [2.05, 4.69) is 5.16 Å². The van der Waals surface area contributed by atoms with Gasteiger partial charge in [0.05, 0.1) is 5.69 Å². The molecule has 12 heavy (non-hydrogen) atoms. The molecule has 1 aliphatic rings. The molecule has 0 saturated heterocycles. The molecule has 0 atom stereocenters. The summed E-state index contributed by atoms with van der Waals surface area (Å²) in [4.78, 5) is 0. The molecule has 1 saturated carbocycles. The number of aliphatic hydroxyl groups excluding tert-OH is 1. The van der Waals surface area contributed by atoms with E-state index in [1.807, 2.05) is 6.07 Å². The Hall–Kier alpha value is -0.830. The Bertz CT molecular complexity index is 253. The topological polar surface area (TPSA) is 46.3 Å². The zero-order chi connectivity index (χ0) is 8.39. The smallest absolute Gasteiger partial charge is 0.137 e. The molecule has 0 spiro atoms. The molecule has 1 aromatic heterocycles. The second kappa shape index (κ2) is 3.27. The summed E-state index contributed by atoms with van der Waals surface area (Å²) in [5, 5.41) is 12.6. The monoisotopic (exact) mass is 167 g/mol. The van der Waals surface area contributed by atoms with E-state index in [1.165, 1.54) is 12.8 Å². The molecule has 2 rings (SSSR count). The lowest BCUT2D eigenvalue weighted by Crippen LogP contribution is -1.86. The van der Waals surface area contributed by atoms with Crippen molar-refractivity contribution in [2.45, 2.75) is 31.6 Å². The summed E-state index contributed by atoms with van der Waals surface area (Å²) in [6.07, 6.45) is 4.08. The van der Waals surface area contributed by atoms with Crippen LogP contribution in [0.1, 0.15) is 36.6 Å². The molecular weight excluding hydrogens is 154 g/mol. The number of aromatic nitrogens is 1. The minimum atomic E-state index is 0.222. The molecule has 0 radical (unpaired) electrons. The van der Waals surface area contributed by atoms with Gasteiger partial charge in [-0.25, -0.2) is 0 Å². The van der Waals surface area contributed by atoms with Crippen molar-refractivity contribution in [2.75, 3.05) is 6.61 Å². The number of rotatable bonds is 4. The molecule has 0 amide bonds. The lowest BCUT2D eigenvalue weighted by Gasteiger charge is -1.88. The van der Waals surface area contributed by atoms with E-state index in [4.69, 9.17) is 9.63 Å². The summed E-state index contributed by atoms with van der Waals surface area (Å²) >= 11 is 0. The van der Waals surface area contributed by atoms with Gasteiger partial charge < -0.3 is 9.63 Å². The van der Waals surface area contributed by atoms with Crippen LogP contribution in [0.3, 0.4) is 0 Å². The van der Waals surface area contributed by atoms with Gasteiger partial charge in [-0.05, 0) is 19.3 Å². The third-order valence-electron chi connectivity index (χ3n) is 2.15. The predicted octanol–water partition coefficient (Wildman–Crippen LogP) is 1.48. The Kier molecular flexibility index (Phi) is 2.13. The quantitative estimate of drug-likeness (QED) is 0.738. The molecular formula is C9H13NO2. The zero-order valence-corrected chi connectivity index (χ0v) is 6.99. The largest absolute Gasteiger partial charge is 0.396 e. The van der Waals surface area contributed by atoms with Crippen LogP contribution in [0.4, 0.5) is 0 Å². The van der Waals surface area contributed by atoms with Crippen LogP contribution in [-0.2, 0) is 6.42 Å². The van der Waals surface area contributed by atoms with Gasteiger partial charge in [0.15, 0.2) is 0 Å². The maximum Gasteiger partial charge on any atom is 0.137 e. The van der Waals surface area contributed by atoms with E-state index in [-0.39, 0.29) is 6.61 Å². The predicted molar refractivity (Wildman–Crippen MR) is 43.9 cm³/mol. The van der Waals surface area contributed by atoms with Crippen molar-refractivity contribution >= 4 is 0 Å². The maximum atomic E-state index is 8.59. The third kappa shape index (κ3) is 1.67. The summed E-state index contributed by atoms with van der Waals surface area (Å²) in [7, 11) is 0. The highest BCUT2D eigenvalue weighted by Crippen LogP contribution is 2.39. The highest BCUT2D eigenvalue weighted by Gasteiger charge is 2.26. The second-order valence-corrected chi connectivity index (χ2v) is 3.32. The Morgan fingerprint density at radius 3 is 3.08 bits per heavy atom. The fourth-order valence-corrected chi connectivity index (χ4v) is 1.27. The van der Waals surface area contributed by atoms with Crippen LogP contribution in [0.5, 0.6) is 0 Å². The van der Waals surface area contributed by atoms with E-state index >= 15 is 0 Å². The van der Waals surface area contributed by atoms with Crippen molar-refractivity contribution in [3.8, 4) is 0 Å². The summed E-state index contributed by atoms with van der Waals surface area (Å²) in [6, 6.07) is 2.02. The minimum Gasteiger partial charge on any atom is -0.396 e. The van der Waals surface area contributed by atoms with Crippen LogP contribution in [0.15, 0.2) is 10.6 Å². The van der Waals surface area contributed by atoms with Crippen LogP contribution in [0, 0.1) is 0 Å². The van der Waals surface area contributed by atoms with Crippen LogP contribution >= 0.6 is 0 Å². The number of nitrogens with zero attached hydrogens (tertiary/aromatic N) is 1. The van der Waals surface area contributed by atoms with Crippen LogP contribution < -0.4 is 0 Å². The van der Waals surface area contributed by atoms with Crippen molar-refractivity contribution in [3.05, 3.63) is 17.5 Å². The van der Waals surface area contributed by atoms with Gasteiger partial charge in [0, 0.05) is 25.0 Å². The van der Waals surface area contributed by atoms with Gasteiger partial charge in [0.2, 0.25) is 0 Å². The molecule has 1 aliphatic carbocycles. The van der Waals surface area contributed by atoms with Crippen molar-refractivity contribution in [3.63, 3.8) is 0 Å². The molecule has 1 N–H and O–H groups in total. The lowest BCUT2D eigenvalue weighted by molar-refractivity contribution is 0.279. The van der Waals surface area contributed by atoms with E-state index < -0.39 is 0 Å². The molecule has 3 nitrogen and oxygen atoms in total. The Balaban J connectivity index is 1.93. The van der Waals surface area contributed by atoms with E-state index in [9.17, 15) is 0 Å². The van der Waals surface area contributed by atoms with Crippen LogP contribution in [-0.4, -0.2) is 16.9 Å². The first-order valence-corrected chi connectivity index (χ1v) is 4.46. The standard InChI is InChI=1S/C9H13NO2/c11-5-1-2-8-6-9(10-12-8)7-3-4-7/h6-7,11H,1-5H2. The van der Waals surface area contributed by atoms with Gasteiger partial charge in [0.1, 0.15) is 5.76 Å². The van der Waals surface area contributed by atoms with Gasteiger partial charge in [-0.2, -0.15) is 0 Å². The second-order valence-electron chi connectivity index (χ2n) is 3.32. The highest BCUT2D eigenvalue weighted by molar-refractivity contribution is 5.15. The average molecular weight is 167 g/mol. The number of aliphatic hydroxyl groups is 1. The summed E-state index contributed by atoms with van der Waals surface area (Å²) in [5.41, 5.74) is 1.10. The van der Waals surface area contributed by atoms with E-state index in [0.29, 0.717) is 5.92 Å². The summed E-state index contributed by atoms with van der Waals surface area (Å²) in [5.74, 6) is 1.57. The van der Waals surface area contributed by atoms with Gasteiger partial charge >= 0.3 is 0 Å². The molecule has 0 bridgehead atoms. The van der Waals surface area contributed by atoms with Gasteiger partial charge in [-0.15, -0.1) is 0 Å². The van der Waals surface area contributed by atoms with Crippen LogP contribution in [0.25, 0.3) is 0 Å². The summed E-state index contributed by atoms with van der Waals surface area (Å²) in [6.45, 7) is 0.222. The lowest BCUT2D eigenvalue weighted by atomic mass is 10.2. The molecule has 3 heteroatoms. The molecule has 1 heterocycles. The molecule has 0 unspecified atom stereocenters. The van der Waals surface area contributed by atoms with Crippen LogP contribution in [0.2, 0.25) is 0 Å². The molecule has 0 aliphatic heterocycles. The number of hydrogen-bond donors (Lipinski definition) is 1. The third-order valence-corrected chi connectivity index (χ3v) is 2.15. The zero-order valence-electron chi connectivity index (χ0n) is 6.99. The van der Waals surface area contributed by atoms with Crippen molar-refractivity contribution in [2.24, 2.45) is 0 Å². The first kappa shape index (κ1) is 7.80. The summed E-state index contributed by atoms with van der Waals surface area (Å²) < 4.78 is 5.11. The van der Waals surface area contributed by atoms with Gasteiger partial charge in [0.25, 0.3) is 0 Å². The molecule has 1 fully saturated rings. The molecule has 0 aromatic carbocycles. The normalized spacial score (nSPS) is 16.8. The van der Waals surface area contributed by atoms with E-state index in [1.54, 1.807) is 0 Å². The van der Waals surface area contributed by atoms with Crippen molar-refractivity contribution in [1.29, 1.82) is 0 Å². The molecule has 1 aromatic rings. The Morgan fingerprint density at radius 2 is 2.42 bits per heavy atom.